The lowest BCUT2D eigenvalue weighted by Gasteiger charge is -2.14. The minimum Gasteiger partial charge on any atom is -0.481 e. The van der Waals surface area contributed by atoms with Gasteiger partial charge in [0.05, 0.1) is 6.04 Å². The maximum absolute atomic E-state index is 10.7. The highest BCUT2D eigenvalue weighted by molar-refractivity contribution is 5.95. The first-order chi connectivity index (χ1) is 6.02. The quantitative estimate of drug-likeness (QED) is 0.494. The molecule has 1 amide bonds. The van der Waals surface area contributed by atoms with Gasteiger partial charge in [-0.05, 0) is 6.42 Å². The number of carboxylic acids is 2. The van der Waals surface area contributed by atoms with Gasteiger partial charge >= 0.3 is 11.9 Å². The van der Waals surface area contributed by atoms with Gasteiger partial charge in [0.25, 0.3) is 0 Å². The van der Waals surface area contributed by atoms with Gasteiger partial charge in [0.1, 0.15) is 0 Å². The molecule has 13 heavy (non-hydrogen) atoms. The summed E-state index contributed by atoms with van der Waals surface area (Å²) in [6, 6.07) is -0.775. The Morgan fingerprint density at radius 1 is 1.38 bits per heavy atom. The molecule has 0 saturated carbocycles. The molecule has 6 nitrogen and oxygen atoms in total. The van der Waals surface area contributed by atoms with Gasteiger partial charge in [-0.15, -0.1) is 0 Å². The van der Waals surface area contributed by atoms with Gasteiger partial charge < -0.3 is 15.5 Å². The molecule has 0 aromatic heterocycles. The van der Waals surface area contributed by atoms with Crippen molar-refractivity contribution in [3.8, 4) is 0 Å². The van der Waals surface area contributed by atoms with Crippen LogP contribution in [0, 0.1) is 5.92 Å². The monoisotopic (exact) mass is 187 g/mol. The van der Waals surface area contributed by atoms with Gasteiger partial charge in [-0.3, -0.25) is 14.4 Å². The lowest BCUT2D eigenvalue weighted by Crippen LogP contribution is -2.41. The van der Waals surface area contributed by atoms with Crippen LogP contribution in [0.1, 0.15) is 12.8 Å². The highest BCUT2D eigenvalue weighted by Gasteiger charge is 2.38. The fourth-order valence-corrected chi connectivity index (χ4v) is 1.34. The molecule has 1 aliphatic heterocycles. The standard InChI is InChI=1S/C7H9NO5/c9-4-2-1-3(8-4)5(6(10)11)7(12)13/h3,5H,1-2H2,(H,8,9)(H,10,11)(H,12,13). The van der Waals surface area contributed by atoms with Crippen LogP contribution >= 0.6 is 0 Å². The molecule has 0 aromatic rings. The van der Waals surface area contributed by atoms with E-state index in [2.05, 4.69) is 5.32 Å². The zero-order valence-corrected chi connectivity index (χ0v) is 6.69. The Balaban J connectivity index is 2.71. The smallest absolute Gasteiger partial charge is 0.320 e. The van der Waals surface area contributed by atoms with Crippen molar-refractivity contribution in [1.82, 2.24) is 5.32 Å². The average molecular weight is 187 g/mol. The number of aliphatic carboxylic acids is 2. The molecule has 0 bridgehead atoms. The normalized spacial score (nSPS) is 21.6. The zero-order chi connectivity index (χ0) is 10.0. The Hall–Kier alpha value is -1.59. The molecule has 0 spiro atoms. The van der Waals surface area contributed by atoms with E-state index < -0.39 is 23.9 Å². The number of carboxylic acid groups (broad SMARTS) is 2. The molecule has 72 valence electrons. The lowest BCUT2D eigenvalue weighted by atomic mass is 9.99. The molecular weight excluding hydrogens is 178 g/mol. The van der Waals surface area contributed by atoms with Crippen LogP contribution in [0.15, 0.2) is 0 Å². The third-order valence-electron chi connectivity index (χ3n) is 1.96. The summed E-state index contributed by atoms with van der Waals surface area (Å²) in [4.78, 5) is 31.7. The number of carbonyl (C=O) groups is 3. The number of nitrogens with one attached hydrogen (secondary N) is 1. The van der Waals surface area contributed by atoms with Crippen molar-refractivity contribution >= 4 is 17.8 Å². The number of amides is 1. The Morgan fingerprint density at radius 2 is 1.92 bits per heavy atom. The van der Waals surface area contributed by atoms with E-state index in [4.69, 9.17) is 10.2 Å². The Bertz CT molecular complexity index is 248. The third-order valence-corrected chi connectivity index (χ3v) is 1.96. The van der Waals surface area contributed by atoms with Crippen molar-refractivity contribution in [3.05, 3.63) is 0 Å². The van der Waals surface area contributed by atoms with E-state index in [0.29, 0.717) is 0 Å². The molecule has 0 radical (unpaired) electrons. The van der Waals surface area contributed by atoms with E-state index in [0.717, 1.165) is 0 Å². The summed E-state index contributed by atoms with van der Waals surface area (Å²) in [7, 11) is 0. The van der Waals surface area contributed by atoms with Crippen LogP contribution in [0.4, 0.5) is 0 Å². The Labute approximate surface area is 73.5 Å². The summed E-state index contributed by atoms with van der Waals surface area (Å²) >= 11 is 0. The first kappa shape index (κ1) is 9.50. The third kappa shape index (κ3) is 1.95. The van der Waals surface area contributed by atoms with Gasteiger partial charge in [-0.1, -0.05) is 0 Å². The van der Waals surface area contributed by atoms with E-state index in [1.807, 2.05) is 0 Å². The highest BCUT2D eigenvalue weighted by atomic mass is 16.4. The SMILES string of the molecule is O=C1CCC(C(C(=O)O)C(=O)O)N1. The predicted molar refractivity (Wildman–Crippen MR) is 39.9 cm³/mol. The first-order valence-electron chi connectivity index (χ1n) is 3.77. The maximum Gasteiger partial charge on any atom is 0.320 e. The second-order valence-corrected chi connectivity index (χ2v) is 2.87. The van der Waals surface area contributed by atoms with Crippen LogP contribution in [0.25, 0.3) is 0 Å². The van der Waals surface area contributed by atoms with Gasteiger partial charge in [-0.2, -0.15) is 0 Å². The minimum absolute atomic E-state index is 0.196. The Kier molecular flexibility index (Phi) is 2.50. The molecule has 1 aliphatic rings. The van der Waals surface area contributed by atoms with E-state index >= 15 is 0 Å². The second kappa shape index (κ2) is 3.42. The molecule has 1 unspecified atom stereocenters. The Morgan fingerprint density at radius 3 is 2.23 bits per heavy atom. The highest BCUT2D eigenvalue weighted by Crippen LogP contribution is 2.16. The minimum atomic E-state index is -1.54. The van der Waals surface area contributed by atoms with E-state index in [1.165, 1.54) is 0 Å². The van der Waals surface area contributed by atoms with Crippen LogP contribution in [0.2, 0.25) is 0 Å². The van der Waals surface area contributed by atoms with Crippen molar-refractivity contribution in [2.24, 2.45) is 5.92 Å². The average Bonchev–Trinajstić information content (AvgIpc) is 2.34. The van der Waals surface area contributed by atoms with Crippen molar-refractivity contribution < 1.29 is 24.6 Å². The zero-order valence-electron chi connectivity index (χ0n) is 6.69. The lowest BCUT2D eigenvalue weighted by molar-refractivity contribution is -0.155. The van der Waals surface area contributed by atoms with Gasteiger partial charge in [0.2, 0.25) is 5.91 Å². The molecule has 1 saturated heterocycles. The summed E-state index contributed by atoms with van der Waals surface area (Å²) in [5.41, 5.74) is 0. The molecule has 1 fully saturated rings. The molecule has 0 aromatic carbocycles. The van der Waals surface area contributed by atoms with Crippen LogP contribution in [0.3, 0.4) is 0 Å². The maximum atomic E-state index is 10.7. The first-order valence-corrected chi connectivity index (χ1v) is 3.77. The number of hydrogen-bond acceptors (Lipinski definition) is 3. The summed E-state index contributed by atoms with van der Waals surface area (Å²) in [6.07, 6.45) is 0.462. The molecule has 1 heterocycles. The van der Waals surface area contributed by atoms with Gasteiger partial charge in [0.15, 0.2) is 5.92 Å². The van der Waals surface area contributed by atoms with Crippen LogP contribution in [-0.4, -0.2) is 34.1 Å². The predicted octanol–water partition coefficient (Wildman–Crippen LogP) is -0.950. The second-order valence-electron chi connectivity index (χ2n) is 2.87. The molecule has 0 aliphatic carbocycles. The molecule has 1 rings (SSSR count). The molecule has 3 N–H and O–H groups in total. The summed E-state index contributed by atoms with van der Waals surface area (Å²) in [5, 5.41) is 19.4. The number of carbonyl (C=O) groups excluding carboxylic acids is 1. The van der Waals surface area contributed by atoms with Crippen molar-refractivity contribution in [1.29, 1.82) is 0 Å². The van der Waals surface area contributed by atoms with Crippen molar-refractivity contribution in [2.75, 3.05) is 0 Å². The molecular formula is C7H9NO5. The van der Waals surface area contributed by atoms with Crippen LogP contribution < -0.4 is 5.32 Å². The fraction of sp³-hybridized carbons (Fsp3) is 0.571. The van der Waals surface area contributed by atoms with E-state index in [9.17, 15) is 14.4 Å². The number of hydrogen-bond donors (Lipinski definition) is 3. The van der Waals surface area contributed by atoms with Crippen LogP contribution in [-0.2, 0) is 14.4 Å². The summed E-state index contributed by atoms with van der Waals surface area (Å²) in [6.45, 7) is 0. The molecule has 1 atom stereocenters. The topological polar surface area (TPSA) is 104 Å². The van der Waals surface area contributed by atoms with E-state index in [1.54, 1.807) is 0 Å². The summed E-state index contributed by atoms with van der Waals surface area (Å²) in [5.74, 6) is -4.66. The van der Waals surface area contributed by atoms with Crippen LogP contribution in [0.5, 0.6) is 0 Å². The van der Waals surface area contributed by atoms with Gasteiger partial charge in [0, 0.05) is 6.42 Å². The largest absolute Gasteiger partial charge is 0.481 e. The fourth-order valence-electron chi connectivity index (χ4n) is 1.34. The van der Waals surface area contributed by atoms with Crippen molar-refractivity contribution in [3.63, 3.8) is 0 Å². The molecule has 6 heteroatoms. The van der Waals surface area contributed by atoms with Gasteiger partial charge in [-0.25, -0.2) is 0 Å². The van der Waals surface area contributed by atoms with E-state index in [-0.39, 0.29) is 18.7 Å². The number of rotatable bonds is 3. The summed E-state index contributed by atoms with van der Waals surface area (Å²) < 4.78 is 0. The van der Waals surface area contributed by atoms with Crippen molar-refractivity contribution in [2.45, 2.75) is 18.9 Å².